The van der Waals surface area contributed by atoms with E-state index in [1.165, 1.54) is 11.1 Å². The Morgan fingerprint density at radius 3 is 1.18 bits per heavy atom. The maximum Gasteiger partial charge on any atom is 0.190 e. The Bertz CT molecular complexity index is 2930. The minimum Gasteiger partial charge on any atom is -0.257 e. The van der Waals surface area contributed by atoms with Gasteiger partial charge in [0, 0.05) is 35.9 Å². The lowest BCUT2D eigenvalue weighted by Crippen LogP contribution is -1.95. The lowest BCUT2D eigenvalue weighted by Gasteiger charge is -2.22. The largest absolute Gasteiger partial charge is 0.257 e. The van der Waals surface area contributed by atoms with Crippen LogP contribution in [-0.4, -0.2) is 19.9 Å². The van der Waals surface area contributed by atoms with Crippen LogP contribution < -0.4 is 0 Å². The highest BCUT2D eigenvalue weighted by Crippen LogP contribution is 2.50. The molecule has 0 saturated heterocycles. The van der Waals surface area contributed by atoms with Crippen LogP contribution in [-0.2, 0) is 0 Å². The van der Waals surface area contributed by atoms with E-state index in [4.69, 9.17) is 16.5 Å². The molecule has 0 aliphatic carbocycles. The third-order valence-corrected chi connectivity index (χ3v) is 10.5. The van der Waals surface area contributed by atoms with Crippen molar-refractivity contribution in [2.45, 2.75) is 0 Å². The zero-order valence-corrected chi connectivity index (χ0v) is 29.8. The second-order valence-electron chi connectivity index (χ2n) is 13.6. The Morgan fingerprint density at radius 2 is 0.804 bits per heavy atom. The molecule has 258 valence electrons. The van der Waals surface area contributed by atoms with Gasteiger partial charge in [-0.3, -0.25) is 19.9 Å². The van der Waals surface area contributed by atoms with Crippen LogP contribution in [0.5, 0.6) is 0 Å². The average Bonchev–Trinajstić information content (AvgIpc) is 3.28. The Balaban J connectivity index is 1.21. The maximum absolute atomic E-state index is 9.44. The number of benzene rings is 6. The summed E-state index contributed by atoms with van der Waals surface area (Å²) < 4.78 is 0. The number of hydrogen-bond donors (Lipinski definition) is 0. The molecule has 0 aliphatic rings. The summed E-state index contributed by atoms with van der Waals surface area (Å²) in [5.74, 6) is 0. The molecule has 0 amide bonds. The number of nitriles is 1. The van der Waals surface area contributed by atoms with Gasteiger partial charge in [-0.05, 0) is 102 Å². The van der Waals surface area contributed by atoms with Crippen LogP contribution in [0.1, 0.15) is 5.56 Å². The minimum atomic E-state index is 0.535. The van der Waals surface area contributed by atoms with E-state index in [1.54, 1.807) is 36.7 Å². The first-order valence-corrected chi connectivity index (χ1v) is 18.2. The van der Waals surface area contributed by atoms with E-state index < -0.39 is 0 Å². The molecular weight excluding hydrogens is 685 g/mol. The molecule has 56 heavy (non-hydrogen) atoms. The molecule has 0 saturated carbocycles. The highest BCUT2D eigenvalue weighted by Gasteiger charge is 2.22. The van der Waals surface area contributed by atoms with Gasteiger partial charge in [-0.15, -0.1) is 0 Å². The lowest BCUT2D eigenvalue weighted by molar-refractivity contribution is 1.24. The Hall–Kier alpha value is -8.06. The van der Waals surface area contributed by atoms with Crippen LogP contribution in [0.2, 0.25) is 0 Å². The number of aromatic nitrogens is 4. The molecule has 0 fully saturated rings. The van der Waals surface area contributed by atoms with E-state index in [2.05, 4.69) is 130 Å². The summed E-state index contributed by atoms with van der Waals surface area (Å²) in [4.78, 5) is 22.2. The van der Waals surface area contributed by atoms with Crippen LogP contribution in [0, 0.1) is 17.9 Å². The predicted octanol–water partition coefficient (Wildman–Crippen LogP) is 12.6. The smallest absolute Gasteiger partial charge is 0.190 e. The summed E-state index contributed by atoms with van der Waals surface area (Å²) in [6, 6.07) is 52.0. The van der Waals surface area contributed by atoms with Crippen LogP contribution in [0.15, 0.2) is 170 Å². The molecule has 0 spiro atoms. The van der Waals surface area contributed by atoms with Crippen molar-refractivity contribution in [1.29, 1.82) is 5.26 Å². The molecule has 0 bridgehead atoms. The Kier molecular flexibility index (Phi) is 7.80. The van der Waals surface area contributed by atoms with Crippen LogP contribution in [0.25, 0.3) is 104 Å². The van der Waals surface area contributed by atoms with Crippen LogP contribution in [0.3, 0.4) is 0 Å². The van der Waals surface area contributed by atoms with Gasteiger partial charge in [0.1, 0.15) is 0 Å². The van der Waals surface area contributed by atoms with Crippen LogP contribution >= 0.6 is 0 Å². The molecule has 0 aliphatic heterocycles. The lowest BCUT2D eigenvalue weighted by atomic mass is 9.81. The van der Waals surface area contributed by atoms with E-state index in [0.29, 0.717) is 28.3 Å². The van der Waals surface area contributed by atoms with Gasteiger partial charge >= 0.3 is 0 Å². The standard InChI is InChI=1S/C50H28N6/c1-52-34-23-25-54-46(27-34)44-21-19-33(30-56-44)48-37-12-4-8-16-41(37)50(42-17-9-5-13-38(42)48)49-39-14-6-2-10-35(39)47(36-11-3-7-15-40(36)49)32-18-20-43(55-29-32)45-26-31(28-51)22-24-53-45/h2-27,29-30H. The van der Waals surface area contributed by atoms with Gasteiger partial charge in [0.05, 0.1) is 41.0 Å². The molecule has 6 aromatic carbocycles. The topological polar surface area (TPSA) is 79.7 Å². The van der Waals surface area contributed by atoms with Crippen LogP contribution in [0.4, 0.5) is 5.69 Å². The van der Waals surface area contributed by atoms with E-state index in [1.807, 2.05) is 24.5 Å². The zero-order chi connectivity index (χ0) is 37.6. The summed E-state index contributed by atoms with van der Waals surface area (Å²) >= 11 is 0. The van der Waals surface area contributed by atoms with E-state index in [-0.39, 0.29) is 0 Å². The van der Waals surface area contributed by atoms with Crippen molar-refractivity contribution in [3.8, 4) is 62.2 Å². The first kappa shape index (κ1) is 32.6. The molecule has 10 aromatic rings. The fourth-order valence-electron chi connectivity index (χ4n) is 8.07. The van der Waals surface area contributed by atoms with E-state index >= 15 is 0 Å². The molecule has 4 heterocycles. The monoisotopic (exact) mass is 712 g/mol. The highest BCUT2D eigenvalue weighted by atomic mass is 14.8. The van der Waals surface area contributed by atoms with Crippen molar-refractivity contribution in [2.75, 3.05) is 0 Å². The van der Waals surface area contributed by atoms with E-state index in [9.17, 15) is 5.26 Å². The van der Waals surface area contributed by atoms with Gasteiger partial charge in [-0.25, -0.2) is 4.85 Å². The fraction of sp³-hybridized carbons (Fsp3) is 0. The number of nitrogens with zero attached hydrogens (tertiary/aromatic N) is 6. The molecule has 0 atom stereocenters. The predicted molar refractivity (Wildman–Crippen MR) is 226 cm³/mol. The maximum atomic E-state index is 9.44. The summed E-state index contributed by atoms with van der Waals surface area (Å²) in [5.41, 5.74) is 10.5. The van der Waals surface area contributed by atoms with Gasteiger partial charge in [-0.2, -0.15) is 5.26 Å². The third kappa shape index (κ3) is 5.33. The van der Waals surface area contributed by atoms with Gasteiger partial charge in [-0.1, -0.05) is 109 Å². The summed E-state index contributed by atoms with van der Waals surface area (Å²) in [6.45, 7) is 7.43. The van der Waals surface area contributed by atoms with Crippen molar-refractivity contribution >= 4 is 48.8 Å². The molecule has 4 aromatic heterocycles. The van der Waals surface area contributed by atoms with Gasteiger partial charge in [0.25, 0.3) is 0 Å². The molecule has 6 nitrogen and oxygen atoms in total. The number of fused-ring (bicyclic) bond motifs is 4. The normalized spacial score (nSPS) is 11.2. The van der Waals surface area contributed by atoms with Gasteiger partial charge < -0.3 is 0 Å². The first-order chi connectivity index (χ1) is 27.7. The summed E-state index contributed by atoms with van der Waals surface area (Å²) in [5, 5.41) is 18.6. The second-order valence-corrected chi connectivity index (χ2v) is 13.6. The molecule has 0 N–H and O–H groups in total. The van der Waals surface area contributed by atoms with Crippen molar-refractivity contribution in [3.63, 3.8) is 0 Å². The Labute approximate surface area is 322 Å². The number of hydrogen-bond acceptors (Lipinski definition) is 5. The molecule has 0 unspecified atom stereocenters. The van der Waals surface area contributed by atoms with Gasteiger partial charge in [0.2, 0.25) is 0 Å². The Morgan fingerprint density at radius 1 is 0.411 bits per heavy atom. The second kappa shape index (κ2) is 13.4. The first-order valence-electron chi connectivity index (χ1n) is 18.2. The number of rotatable bonds is 5. The van der Waals surface area contributed by atoms with Gasteiger partial charge in [0.15, 0.2) is 5.69 Å². The quantitative estimate of drug-likeness (QED) is 0.131. The summed E-state index contributed by atoms with van der Waals surface area (Å²) in [6.07, 6.45) is 7.14. The van der Waals surface area contributed by atoms with Crippen molar-refractivity contribution in [1.82, 2.24) is 19.9 Å². The average molecular weight is 713 g/mol. The zero-order valence-electron chi connectivity index (χ0n) is 29.8. The minimum absolute atomic E-state index is 0.535. The molecule has 6 heteroatoms. The third-order valence-electron chi connectivity index (χ3n) is 10.5. The summed E-state index contributed by atoms with van der Waals surface area (Å²) in [7, 11) is 0. The highest BCUT2D eigenvalue weighted by molar-refractivity contribution is 6.29. The van der Waals surface area contributed by atoms with Crippen molar-refractivity contribution in [3.05, 3.63) is 187 Å². The molecule has 0 radical (unpaired) electrons. The van der Waals surface area contributed by atoms with E-state index in [0.717, 1.165) is 71.0 Å². The molecular formula is C50H28N6. The fourth-order valence-corrected chi connectivity index (χ4v) is 8.07. The van der Waals surface area contributed by atoms with Crippen molar-refractivity contribution in [2.24, 2.45) is 0 Å². The van der Waals surface area contributed by atoms with Crippen molar-refractivity contribution < 1.29 is 0 Å². The molecule has 10 rings (SSSR count). The number of pyridine rings is 4. The SMILES string of the molecule is [C-]#[N+]c1ccnc(-c2ccc(-c3c4ccccc4c(-c4c5ccccc5c(-c5ccc(-c6cc(C#N)ccn6)nc5)c5ccccc45)c4ccccc34)cn2)c1.